The Hall–Kier alpha value is -2.63. The van der Waals surface area contributed by atoms with E-state index < -0.39 is 11.9 Å². The van der Waals surface area contributed by atoms with Crippen LogP contribution in [0.2, 0.25) is 0 Å². The largest absolute Gasteiger partial charge is 0.478 e. The summed E-state index contributed by atoms with van der Waals surface area (Å²) in [6.07, 6.45) is 1.12. The molecule has 0 bridgehead atoms. The molecule has 0 aliphatic rings. The van der Waals surface area contributed by atoms with Crippen LogP contribution >= 0.6 is 0 Å². The normalized spacial score (nSPS) is 9.17. The summed E-state index contributed by atoms with van der Waals surface area (Å²) in [4.78, 5) is 30.0. The Bertz CT molecular complexity index is 423. The van der Waals surface area contributed by atoms with Gasteiger partial charge in [-0.2, -0.15) is 0 Å². The Balaban J connectivity index is 0.000000331. The maximum atomic E-state index is 10.9. The van der Waals surface area contributed by atoms with Gasteiger partial charge in [-0.3, -0.25) is 4.79 Å². The molecule has 0 aliphatic carbocycles. The molecule has 6 heteroatoms. The third-order valence-corrected chi connectivity index (χ3v) is 1.63. The van der Waals surface area contributed by atoms with E-state index >= 15 is 0 Å². The van der Waals surface area contributed by atoms with E-state index in [4.69, 9.17) is 10.2 Å². The second-order valence-corrected chi connectivity index (χ2v) is 2.95. The number of rotatable bonds is 3. The van der Waals surface area contributed by atoms with Crippen LogP contribution in [0.5, 0.6) is 0 Å². The summed E-state index contributed by atoms with van der Waals surface area (Å²) in [5.41, 5.74) is 0.699. The van der Waals surface area contributed by atoms with Crippen molar-refractivity contribution in [1.82, 2.24) is 5.32 Å². The average Bonchev–Trinajstić information content (AvgIpc) is 2.37. The van der Waals surface area contributed by atoms with Gasteiger partial charge in [-0.05, 0) is 12.1 Å². The number of hydrogen-bond donors (Lipinski definition) is 3. The number of amides is 1. The van der Waals surface area contributed by atoms with Gasteiger partial charge in [0.2, 0.25) is 0 Å². The zero-order valence-electron chi connectivity index (χ0n) is 9.66. The number of carboxylic acids is 2. The molecule has 0 radical (unpaired) electrons. The van der Waals surface area contributed by atoms with Crippen molar-refractivity contribution in [3.05, 3.63) is 48.0 Å². The summed E-state index contributed by atoms with van der Waals surface area (Å²) in [6, 6.07) is 9.11. The first-order valence-corrected chi connectivity index (χ1v) is 4.88. The Morgan fingerprint density at radius 3 is 1.78 bits per heavy atom. The van der Waals surface area contributed by atoms with Crippen LogP contribution in [0.3, 0.4) is 0 Å². The first-order chi connectivity index (χ1) is 8.47. The van der Waals surface area contributed by atoms with Crippen LogP contribution in [-0.2, 0) is 9.59 Å². The third-order valence-electron chi connectivity index (χ3n) is 1.63. The van der Waals surface area contributed by atoms with Gasteiger partial charge in [0.1, 0.15) is 0 Å². The number of carbonyl (C=O) groups excluding carboxylic acids is 1. The lowest BCUT2D eigenvalue weighted by molar-refractivity contribution is -0.134. The van der Waals surface area contributed by atoms with Crippen molar-refractivity contribution in [2.24, 2.45) is 0 Å². The predicted octanol–water partition coefficient (Wildman–Crippen LogP) is 0.758. The van der Waals surface area contributed by atoms with Crippen molar-refractivity contribution in [3.63, 3.8) is 0 Å². The molecule has 96 valence electrons. The Morgan fingerprint density at radius 1 is 1.00 bits per heavy atom. The Morgan fingerprint density at radius 2 is 1.44 bits per heavy atom. The van der Waals surface area contributed by atoms with E-state index in [1.165, 1.54) is 0 Å². The molecule has 0 atom stereocenters. The number of benzene rings is 1. The second-order valence-electron chi connectivity index (χ2n) is 2.95. The molecule has 6 nitrogen and oxygen atoms in total. The van der Waals surface area contributed by atoms with Crippen molar-refractivity contribution in [1.29, 1.82) is 0 Å². The van der Waals surface area contributed by atoms with Crippen LogP contribution in [0.25, 0.3) is 0 Å². The zero-order chi connectivity index (χ0) is 14.0. The molecule has 18 heavy (non-hydrogen) atoms. The topological polar surface area (TPSA) is 104 Å². The molecule has 1 rings (SSSR count). The first-order valence-electron chi connectivity index (χ1n) is 4.88. The van der Waals surface area contributed by atoms with Crippen LogP contribution in [0.1, 0.15) is 10.4 Å². The van der Waals surface area contributed by atoms with Gasteiger partial charge >= 0.3 is 11.9 Å². The van der Waals surface area contributed by atoms with E-state index in [2.05, 4.69) is 5.32 Å². The standard InChI is InChI=1S/C8H9NO.C4H4O4/c1-9-8(10)7-5-3-2-4-6-7;5-3(6)1-2-4(7)8/h2-6H,1H3,(H,9,10);1-2H,(H,5,6)(H,7,8). The van der Waals surface area contributed by atoms with E-state index in [1.807, 2.05) is 18.2 Å². The quantitative estimate of drug-likeness (QED) is 0.688. The number of carbonyl (C=O) groups is 3. The molecule has 1 amide bonds. The van der Waals surface area contributed by atoms with Gasteiger partial charge in [-0.25, -0.2) is 9.59 Å². The van der Waals surface area contributed by atoms with E-state index in [0.29, 0.717) is 17.7 Å². The third kappa shape index (κ3) is 7.63. The summed E-state index contributed by atoms with van der Waals surface area (Å²) < 4.78 is 0. The number of hydrogen-bond acceptors (Lipinski definition) is 3. The summed E-state index contributed by atoms with van der Waals surface area (Å²) in [5.74, 6) is -2.56. The fourth-order valence-corrected chi connectivity index (χ4v) is 0.876. The fraction of sp³-hybridized carbons (Fsp3) is 0.0833. The molecule has 0 fully saturated rings. The molecule has 0 spiro atoms. The van der Waals surface area contributed by atoms with Crippen LogP contribution in [0.15, 0.2) is 42.5 Å². The van der Waals surface area contributed by atoms with Crippen LogP contribution in [0.4, 0.5) is 0 Å². The van der Waals surface area contributed by atoms with E-state index in [1.54, 1.807) is 19.2 Å². The number of carboxylic acid groups (broad SMARTS) is 2. The van der Waals surface area contributed by atoms with Gasteiger partial charge in [0.15, 0.2) is 0 Å². The molecule has 0 aromatic heterocycles. The lowest BCUT2D eigenvalue weighted by Gasteiger charge is -1.96. The highest BCUT2D eigenvalue weighted by Gasteiger charge is 1.97. The lowest BCUT2D eigenvalue weighted by atomic mass is 10.2. The lowest BCUT2D eigenvalue weighted by Crippen LogP contribution is -2.17. The first kappa shape index (κ1) is 15.4. The van der Waals surface area contributed by atoms with E-state index in [0.717, 1.165) is 0 Å². The van der Waals surface area contributed by atoms with Gasteiger partial charge in [0.05, 0.1) is 0 Å². The summed E-state index contributed by atoms with van der Waals surface area (Å²) in [6.45, 7) is 0. The minimum Gasteiger partial charge on any atom is -0.478 e. The number of aliphatic carboxylic acids is 2. The van der Waals surface area contributed by atoms with E-state index in [-0.39, 0.29) is 5.91 Å². The second kappa shape index (κ2) is 8.51. The van der Waals surface area contributed by atoms with Crippen molar-refractivity contribution >= 4 is 17.8 Å². The molecule has 0 heterocycles. The predicted molar refractivity (Wildman–Crippen MR) is 64.2 cm³/mol. The van der Waals surface area contributed by atoms with Crippen molar-refractivity contribution in [2.45, 2.75) is 0 Å². The highest BCUT2D eigenvalue weighted by Crippen LogP contribution is 1.96. The maximum absolute atomic E-state index is 10.9. The molecular weight excluding hydrogens is 238 g/mol. The van der Waals surface area contributed by atoms with E-state index in [9.17, 15) is 14.4 Å². The molecule has 0 saturated carbocycles. The van der Waals surface area contributed by atoms with Crippen LogP contribution < -0.4 is 5.32 Å². The van der Waals surface area contributed by atoms with Gasteiger partial charge < -0.3 is 15.5 Å². The Labute approximate surface area is 104 Å². The molecule has 3 N–H and O–H groups in total. The fourth-order valence-electron chi connectivity index (χ4n) is 0.876. The highest BCUT2D eigenvalue weighted by atomic mass is 16.4. The maximum Gasteiger partial charge on any atom is 0.328 e. The highest BCUT2D eigenvalue weighted by molar-refractivity contribution is 5.93. The van der Waals surface area contributed by atoms with Crippen LogP contribution in [0, 0.1) is 0 Å². The van der Waals surface area contributed by atoms with Crippen molar-refractivity contribution in [3.8, 4) is 0 Å². The van der Waals surface area contributed by atoms with Gasteiger partial charge in [-0.15, -0.1) is 0 Å². The van der Waals surface area contributed by atoms with Gasteiger partial charge in [-0.1, -0.05) is 18.2 Å². The summed E-state index contributed by atoms with van der Waals surface area (Å²) in [7, 11) is 1.62. The minimum absolute atomic E-state index is 0.0411. The summed E-state index contributed by atoms with van der Waals surface area (Å²) in [5, 5.41) is 18.2. The van der Waals surface area contributed by atoms with Crippen molar-refractivity contribution in [2.75, 3.05) is 7.05 Å². The average molecular weight is 251 g/mol. The number of nitrogens with one attached hydrogen (secondary N) is 1. The molecule has 1 aromatic carbocycles. The minimum atomic E-state index is -1.26. The Kier molecular flexibility index (Phi) is 7.27. The molecule has 0 unspecified atom stereocenters. The summed E-state index contributed by atoms with van der Waals surface area (Å²) >= 11 is 0. The molecule has 1 aromatic rings. The monoisotopic (exact) mass is 251 g/mol. The molecule has 0 aliphatic heterocycles. The smallest absolute Gasteiger partial charge is 0.328 e. The molecular formula is C12H13NO5. The molecule has 0 saturated heterocycles. The van der Waals surface area contributed by atoms with Gasteiger partial charge in [0, 0.05) is 24.8 Å². The zero-order valence-corrected chi connectivity index (χ0v) is 9.66. The SMILES string of the molecule is CNC(=O)c1ccccc1.O=C(O)C=CC(=O)O. The van der Waals surface area contributed by atoms with Crippen LogP contribution in [-0.4, -0.2) is 35.1 Å². The van der Waals surface area contributed by atoms with Gasteiger partial charge in [0.25, 0.3) is 5.91 Å². The van der Waals surface area contributed by atoms with Crippen molar-refractivity contribution < 1.29 is 24.6 Å².